The zero-order valence-corrected chi connectivity index (χ0v) is 10.7. The Bertz CT molecular complexity index is 655. The standard InChI is InChI=1S/C10H11N3O5S/c1-13-9(14)5-7-6(10(13)15)3-2-4-8(7)11-12-19(16,17)18/h2-4,11-12H,5H2,1H3,(H,16,17,18). The molecular weight excluding hydrogens is 274 g/mol. The van der Waals surface area contributed by atoms with Crippen molar-refractivity contribution in [3.05, 3.63) is 29.3 Å². The van der Waals surface area contributed by atoms with Gasteiger partial charge in [0.1, 0.15) is 0 Å². The first-order valence-corrected chi connectivity index (χ1v) is 6.66. The Labute approximate surface area is 109 Å². The van der Waals surface area contributed by atoms with Gasteiger partial charge in [0.25, 0.3) is 5.91 Å². The molecule has 0 saturated carbocycles. The lowest BCUT2D eigenvalue weighted by Crippen LogP contribution is -2.40. The number of fused-ring (bicyclic) bond motifs is 1. The first kappa shape index (κ1) is 13.5. The molecule has 1 aromatic carbocycles. The van der Waals surface area contributed by atoms with Crippen molar-refractivity contribution in [1.29, 1.82) is 0 Å². The van der Waals surface area contributed by atoms with E-state index in [1.165, 1.54) is 19.2 Å². The van der Waals surface area contributed by atoms with Crippen molar-refractivity contribution in [2.24, 2.45) is 0 Å². The highest BCUT2D eigenvalue weighted by molar-refractivity contribution is 7.83. The summed E-state index contributed by atoms with van der Waals surface area (Å²) in [5, 5.41) is 0. The molecule has 1 heterocycles. The van der Waals surface area contributed by atoms with Crippen molar-refractivity contribution < 1.29 is 22.6 Å². The fraction of sp³-hybridized carbons (Fsp3) is 0.200. The Morgan fingerprint density at radius 3 is 2.63 bits per heavy atom. The largest absolute Gasteiger partial charge is 0.350 e. The second-order valence-corrected chi connectivity index (χ2v) is 5.12. The predicted molar refractivity (Wildman–Crippen MR) is 65.6 cm³/mol. The van der Waals surface area contributed by atoms with E-state index in [2.05, 4.69) is 5.43 Å². The quantitative estimate of drug-likeness (QED) is 0.394. The zero-order valence-electron chi connectivity index (χ0n) is 9.87. The van der Waals surface area contributed by atoms with E-state index in [4.69, 9.17) is 4.55 Å². The van der Waals surface area contributed by atoms with Crippen LogP contribution in [0, 0.1) is 0 Å². The highest BCUT2D eigenvalue weighted by Crippen LogP contribution is 2.25. The Balaban J connectivity index is 2.39. The summed E-state index contributed by atoms with van der Waals surface area (Å²) in [4.78, 5) is 26.2. The summed E-state index contributed by atoms with van der Waals surface area (Å²) in [7, 11) is -3.05. The van der Waals surface area contributed by atoms with Gasteiger partial charge in [-0.3, -0.25) is 19.0 Å². The minimum Gasteiger partial charge on any atom is -0.306 e. The summed E-state index contributed by atoms with van der Waals surface area (Å²) in [6.07, 6.45) is -0.0338. The van der Waals surface area contributed by atoms with E-state index in [0.29, 0.717) is 11.1 Å². The summed E-state index contributed by atoms with van der Waals surface area (Å²) in [5.74, 6) is -0.847. The van der Waals surface area contributed by atoms with Crippen LogP contribution in [0.5, 0.6) is 0 Å². The number of likely N-dealkylation sites (N-methyl/N-ethyl adjacent to an activating group) is 1. The number of hydrazine groups is 1. The molecule has 2 amide bonds. The number of imide groups is 1. The number of carbonyl (C=O) groups excluding carboxylic acids is 2. The van der Waals surface area contributed by atoms with Crippen molar-refractivity contribution >= 4 is 27.8 Å². The predicted octanol–water partition coefficient (Wildman–Crippen LogP) is -0.439. The van der Waals surface area contributed by atoms with Crippen molar-refractivity contribution in [2.75, 3.05) is 12.5 Å². The molecule has 0 bridgehead atoms. The lowest BCUT2D eigenvalue weighted by molar-refractivity contribution is -0.127. The number of rotatable bonds is 3. The van der Waals surface area contributed by atoms with Gasteiger partial charge in [-0.15, -0.1) is 4.83 Å². The van der Waals surface area contributed by atoms with E-state index >= 15 is 0 Å². The number of hydrogen-bond acceptors (Lipinski definition) is 5. The highest BCUT2D eigenvalue weighted by Gasteiger charge is 2.29. The fourth-order valence-electron chi connectivity index (χ4n) is 1.78. The lowest BCUT2D eigenvalue weighted by Gasteiger charge is -2.25. The molecule has 102 valence electrons. The molecule has 9 heteroatoms. The number of anilines is 1. The number of benzene rings is 1. The van der Waals surface area contributed by atoms with Gasteiger partial charge < -0.3 is 5.43 Å². The summed E-state index contributed by atoms with van der Waals surface area (Å²) in [6.45, 7) is 0. The Hall–Kier alpha value is -1.97. The third-order valence-corrected chi connectivity index (χ3v) is 3.09. The third-order valence-electron chi connectivity index (χ3n) is 2.73. The van der Waals surface area contributed by atoms with Crippen LogP contribution < -0.4 is 10.3 Å². The number of nitrogens with one attached hydrogen (secondary N) is 2. The van der Waals surface area contributed by atoms with Gasteiger partial charge in [-0.25, -0.2) is 0 Å². The normalized spacial score (nSPS) is 15.4. The van der Waals surface area contributed by atoms with Crippen molar-refractivity contribution in [3.63, 3.8) is 0 Å². The molecule has 0 atom stereocenters. The van der Waals surface area contributed by atoms with E-state index < -0.39 is 22.1 Å². The van der Waals surface area contributed by atoms with E-state index in [1.54, 1.807) is 10.9 Å². The Morgan fingerprint density at radius 1 is 1.32 bits per heavy atom. The van der Waals surface area contributed by atoms with Crippen LogP contribution >= 0.6 is 0 Å². The van der Waals surface area contributed by atoms with E-state index in [1.807, 2.05) is 0 Å². The van der Waals surface area contributed by atoms with Crippen LogP contribution in [-0.4, -0.2) is 36.7 Å². The number of hydrogen-bond donors (Lipinski definition) is 3. The maximum atomic E-state index is 11.9. The average Bonchev–Trinajstić information content (AvgIpc) is 2.33. The van der Waals surface area contributed by atoms with Gasteiger partial charge in [0.15, 0.2) is 0 Å². The van der Waals surface area contributed by atoms with Gasteiger partial charge in [0, 0.05) is 12.6 Å². The molecule has 0 radical (unpaired) electrons. The maximum Gasteiger partial charge on any atom is 0.350 e. The van der Waals surface area contributed by atoms with E-state index in [0.717, 1.165) is 4.90 Å². The minimum absolute atomic E-state index is 0.0338. The SMILES string of the molecule is CN1C(=O)Cc2c(NNS(=O)(=O)O)cccc2C1=O. The maximum absolute atomic E-state index is 11.9. The zero-order chi connectivity index (χ0) is 14.2. The number of amides is 2. The molecule has 0 spiro atoms. The van der Waals surface area contributed by atoms with E-state index in [-0.39, 0.29) is 12.1 Å². The molecule has 0 aliphatic carbocycles. The summed E-state index contributed by atoms with van der Waals surface area (Å²) in [6, 6.07) is 4.57. The highest BCUT2D eigenvalue weighted by atomic mass is 32.2. The number of nitrogens with zero attached hydrogens (tertiary/aromatic N) is 1. The first-order valence-electron chi connectivity index (χ1n) is 5.22. The van der Waals surface area contributed by atoms with Crippen LogP contribution in [0.4, 0.5) is 5.69 Å². The van der Waals surface area contributed by atoms with Crippen LogP contribution in [0.3, 0.4) is 0 Å². The monoisotopic (exact) mass is 285 g/mol. The summed E-state index contributed by atoms with van der Waals surface area (Å²) >= 11 is 0. The van der Waals surface area contributed by atoms with Crippen molar-refractivity contribution in [2.45, 2.75) is 6.42 Å². The lowest BCUT2D eigenvalue weighted by atomic mass is 9.97. The van der Waals surface area contributed by atoms with Gasteiger partial charge in [-0.1, -0.05) is 6.07 Å². The first-order chi connectivity index (χ1) is 8.79. The van der Waals surface area contributed by atoms with Crippen LogP contribution in [0.25, 0.3) is 0 Å². The summed E-state index contributed by atoms with van der Waals surface area (Å²) < 4.78 is 29.8. The molecule has 0 unspecified atom stereocenters. The topological polar surface area (TPSA) is 116 Å². The molecule has 0 aromatic heterocycles. The smallest absolute Gasteiger partial charge is 0.306 e. The van der Waals surface area contributed by atoms with Crippen LogP contribution in [0.1, 0.15) is 15.9 Å². The number of carbonyl (C=O) groups is 2. The Morgan fingerprint density at radius 2 is 2.00 bits per heavy atom. The van der Waals surface area contributed by atoms with Gasteiger partial charge in [0.2, 0.25) is 5.91 Å². The van der Waals surface area contributed by atoms with Gasteiger partial charge in [0.05, 0.1) is 12.1 Å². The second-order valence-electron chi connectivity index (χ2n) is 3.97. The molecule has 3 N–H and O–H groups in total. The summed E-state index contributed by atoms with van der Waals surface area (Å²) in [5.41, 5.74) is 3.19. The van der Waals surface area contributed by atoms with Crippen LogP contribution in [0.2, 0.25) is 0 Å². The minimum atomic E-state index is -4.43. The van der Waals surface area contributed by atoms with E-state index in [9.17, 15) is 18.0 Å². The molecule has 1 aliphatic heterocycles. The fourth-order valence-corrected chi connectivity index (χ4v) is 2.02. The van der Waals surface area contributed by atoms with Gasteiger partial charge >= 0.3 is 10.3 Å². The molecule has 1 aliphatic rings. The molecule has 8 nitrogen and oxygen atoms in total. The molecule has 2 rings (SSSR count). The molecule has 19 heavy (non-hydrogen) atoms. The molecule has 1 aromatic rings. The third kappa shape index (κ3) is 2.72. The average molecular weight is 285 g/mol. The molecule has 0 saturated heterocycles. The van der Waals surface area contributed by atoms with Crippen molar-refractivity contribution in [3.8, 4) is 0 Å². The molecular formula is C10H11N3O5S. The van der Waals surface area contributed by atoms with Crippen LogP contribution in [-0.2, 0) is 21.5 Å². The second kappa shape index (κ2) is 4.61. The Kier molecular flexibility index (Phi) is 3.27. The van der Waals surface area contributed by atoms with Gasteiger partial charge in [-0.2, -0.15) is 8.42 Å². The van der Waals surface area contributed by atoms with Gasteiger partial charge in [-0.05, 0) is 17.7 Å². The molecule has 0 fully saturated rings. The van der Waals surface area contributed by atoms with Crippen molar-refractivity contribution in [1.82, 2.24) is 9.73 Å². The van der Waals surface area contributed by atoms with Crippen LogP contribution in [0.15, 0.2) is 18.2 Å².